The summed E-state index contributed by atoms with van der Waals surface area (Å²) < 4.78 is 17.0. The van der Waals surface area contributed by atoms with Crippen LogP contribution in [0.15, 0.2) is 12.2 Å². The quantitative estimate of drug-likeness (QED) is 0.0261. The normalized spacial score (nSPS) is 12.0. The van der Waals surface area contributed by atoms with Crippen LogP contribution in [0.3, 0.4) is 0 Å². The summed E-state index contributed by atoms with van der Waals surface area (Å²) in [5.41, 5.74) is 0. The maximum Gasteiger partial charge on any atom is 0.306 e. The van der Waals surface area contributed by atoms with Gasteiger partial charge in [-0.25, -0.2) is 0 Å². The van der Waals surface area contributed by atoms with Crippen molar-refractivity contribution < 1.29 is 28.6 Å². The van der Waals surface area contributed by atoms with Gasteiger partial charge >= 0.3 is 17.9 Å². The number of hydrogen-bond acceptors (Lipinski definition) is 6. The minimum atomic E-state index is -0.769. The van der Waals surface area contributed by atoms with Gasteiger partial charge in [0.2, 0.25) is 0 Å². The molecule has 1 atom stereocenters. The zero-order valence-electron chi connectivity index (χ0n) is 51.1. The summed E-state index contributed by atoms with van der Waals surface area (Å²) in [4.78, 5) is 38.4. The third-order valence-electron chi connectivity index (χ3n) is 15.8. The van der Waals surface area contributed by atoms with Gasteiger partial charge in [0.25, 0.3) is 0 Å². The van der Waals surface area contributed by atoms with Crippen LogP contribution in [0.5, 0.6) is 0 Å². The lowest BCUT2D eigenvalue weighted by atomic mass is 10.0. The first-order valence-corrected chi connectivity index (χ1v) is 34.2. The van der Waals surface area contributed by atoms with Crippen molar-refractivity contribution in [3.63, 3.8) is 0 Å². The molecule has 0 aliphatic heterocycles. The molecule has 1 unspecified atom stereocenters. The van der Waals surface area contributed by atoms with Crippen molar-refractivity contribution in [1.82, 2.24) is 0 Å². The van der Waals surface area contributed by atoms with Gasteiger partial charge in [0, 0.05) is 19.3 Å². The van der Waals surface area contributed by atoms with Crippen molar-refractivity contribution >= 4 is 17.9 Å². The van der Waals surface area contributed by atoms with Crippen LogP contribution in [-0.4, -0.2) is 37.2 Å². The van der Waals surface area contributed by atoms with Crippen LogP contribution in [0.25, 0.3) is 0 Å². The summed E-state index contributed by atoms with van der Waals surface area (Å²) in [6.07, 6.45) is 76.6. The Balaban J connectivity index is 4.25. The molecular weight excluding hydrogens is 925 g/mol. The van der Waals surface area contributed by atoms with Gasteiger partial charge in [0.05, 0.1) is 0 Å². The molecular formula is C69H132O6. The number of carbonyl (C=O) groups excluding carboxylic acids is 3. The highest BCUT2D eigenvalue weighted by Crippen LogP contribution is 2.19. The molecule has 0 aliphatic carbocycles. The highest BCUT2D eigenvalue weighted by atomic mass is 16.6. The predicted octanol–water partition coefficient (Wildman–Crippen LogP) is 23.2. The molecule has 6 nitrogen and oxygen atoms in total. The Kier molecular flexibility index (Phi) is 63.1. The average Bonchev–Trinajstić information content (AvgIpc) is 3.41. The highest BCUT2D eigenvalue weighted by molar-refractivity contribution is 5.71. The van der Waals surface area contributed by atoms with Crippen LogP contribution >= 0.6 is 0 Å². The van der Waals surface area contributed by atoms with Gasteiger partial charge < -0.3 is 14.2 Å². The van der Waals surface area contributed by atoms with Gasteiger partial charge in [0.15, 0.2) is 6.10 Å². The Morgan fingerprint density at radius 2 is 0.440 bits per heavy atom. The minimum absolute atomic E-state index is 0.0657. The van der Waals surface area contributed by atoms with E-state index in [0.29, 0.717) is 19.3 Å². The molecule has 0 radical (unpaired) electrons. The molecule has 0 rings (SSSR count). The van der Waals surface area contributed by atoms with E-state index in [9.17, 15) is 14.4 Å². The van der Waals surface area contributed by atoms with Gasteiger partial charge in [-0.15, -0.1) is 0 Å². The van der Waals surface area contributed by atoms with E-state index < -0.39 is 6.10 Å². The molecule has 0 aromatic heterocycles. The number of ether oxygens (including phenoxy) is 3. The second-order valence-corrected chi connectivity index (χ2v) is 23.5. The zero-order chi connectivity index (χ0) is 54.3. The molecule has 0 spiro atoms. The van der Waals surface area contributed by atoms with Crippen LogP contribution in [0.2, 0.25) is 0 Å². The van der Waals surface area contributed by atoms with E-state index in [1.807, 2.05) is 0 Å². The minimum Gasteiger partial charge on any atom is -0.462 e. The Bertz CT molecular complexity index is 1170. The molecule has 444 valence electrons. The van der Waals surface area contributed by atoms with Gasteiger partial charge in [-0.3, -0.25) is 14.4 Å². The Hall–Kier alpha value is -1.85. The molecule has 0 aromatic rings. The van der Waals surface area contributed by atoms with Crippen molar-refractivity contribution in [1.29, 1.82) is 0 Å². The van der Waals surface area contributed by atoms with Crippen molar-refractivity contribution in [2.45, 2.75) is 399 Å². The predicted molar refractivity (Wildman–Crippen MR) is 326 cm³/mol. The second kappa shape index (κ2) is 64.7. The summed E-state index contributed by atoms with van der Waals surface area (Å²) >= 11 is 0. The molecule has 0 saturated carbocycles. The van der Waals surface area contributed by atoms with Gasteiger partial charge in [-0.1, -0.05) is 341 Å². The zero-order valence-corrected chi connectivity index (χ0v) is 51.1. The molecule has 0 N–H and O–H groups in total. The SMILES string of the molecule is CCCCCCC/C=C\CCCCCCCC(=O)OCC(COC(=O)CCCCCCCCCCCCCCCCCCCCCCCC)OC(=O)CCCCCCCCCCCCCCCCCCCCCCC. The largest absolute Gasteiger partial charge is 0.462 e. The number of esters is 3. The molecule has 0 amide bonds. The first kappa shape index (κ1) is 73.2. The van der Waals surface area contributed by atoms with Crippen LogP contribution in [0.4, 0.5) is 0 Å². The maximum absolute atomic E-state index is 12.9. The highest BCUT2D eigenvalue weighted by Gasteiger charge is 2.19. The number of carbonyl (C=O) groups is 3. The fraction of sp³-hybridized carbons (Fsp3) is 0.928. The lowest BCUT2D eigenvalue weighted by Gasteiger charge is -2.18. The number of allylic oxidation sites excluding steroid dienone is 2. The van der Waals surface area contributed by atoms with Crippen molar-refractivity contribution in [3.8, 4) is 0 Å². The van der Waals surface area contributed by atoms with Gasteiger partial charge in [-0.05, 0) is 44.9 Å². The molecule has 0 fully saturated rings. The maximum atomic E-state index is 12.9. The van der Waals surface area contributed by atoms with Gasteiger partial charge in [-0.2, -0.15) is 0 Å². The summed E-state index contributed by atoms with van der Waals surface area (Å²) in [5, 5.41) is 0. The number of unbranched alkanes of at least 4 members (excludes halogenated alkanes) is 51. The molecule has 75 heavy (non-hydrogen) atoms. The second-order valence-electron chi connectivity index (χ2n) is 23.5. The van der Waals surface area contributed by atoms with E-state index in [1.165, 1.54) is 289 Å². The summed E-state index contributed by atoms with van der Waals surface area (Å²) in [5.74, 6) is -0.840. The molecule has 6 heteroatoms. The van der Waals surface area contributed by atoms with E-state index in [0.717, 1.165) is 64.2 Å². The average molecular weight is 1060 g/mol. The Morgan fingerprint density at radius 3 is 0.667 bits per heavy atom. The lowest BCUT2D eigenvalue weighted by molar-refractivity contribution is -0.167. The smallest absolute Gasteiger partial charge is 0.306 e. The number of rotatable bonds is 64. The first-order valence-electron chi connectivity index (χ1n) is 34.2. The number of hydrogen-bond donors (Lipinski definition) is 0. The van der Waals surface area contributed by atoms with Crippen LogP contribution in [-0.2, 0) is 28.6 Å². The summed E-state index contributed by atoms with van der Waals surface area (Å²) in [6.45, 7) is 6.71. The standard InChI is InChI=1S/C69H132O6/c1-4-7-10-13-16-19-22-25-28-30-32-34-36-37-39-41-44-47-50-53-56-59-62-68(71)74-65-66(64-73-67(70)61-58-55-52-49-46-43-27-24-21-18-15-12-9-6-3)75-69(72)63-60-57-54-51-48-45-42-40-38-35-33-31-29-26-23-20-17-14-11-8-5-2/h24,27,66H,4-23,25-26,28-65H2,1-3H3/b27-24-. The molecule has 0 heterocycles. The fourth-order valence-electron chi connectivity index (χ4n) is 10.6. The Morgan fingerprint density at radius 1 is 0.253 bits per heavy atom. The Labute approximate surface area is 469 Å². The van der Waals surface area contributed by atoms with E-state index in [1.54, 1.807) is 0 Å². The van der Waals surface area contributed by atoms with E-state index >= 15 is 0 Å². The lowest BCUT2D eigenvalue weighted by Crippen LogP contribution is -2.30. The summed E-state index contributed by atoms with van der Waals surface area (Å²) in [7, 11) is 0. The van der Waals surface area contributed by atoms with Crippen LogP contribution in [0, 0.1) is 0 Å². The molecule has 0 saturated heterocycles. The van der Waals surface area contributed by atoms with Crippen molar-refractivity contribution in [2.24, 2.45) is 0 Å². The fourth-order valence-corrected chi connectivity index (χ4v) is 10.6. The van der Waals surface area contributed by atoms with Crippen LogP contribution in [0.1, 0.15) is 393 Å². The molecule has 0 bridgehead atoms. The van der Waals surface area contributed by atoms with E-state index in [2.05, 4.69) is 32.9 Å². The van der Waals surface area contributed by atoms with Crippen LogP contribution < -0.4 is 0 Å². The van der Waals surface area contributed by atoms with Crippen molar-refractivity contribution in [2.75, 3.05) is 13.2 Å². The van der Waals surface area contributed by atoms with Crippen molar-refractivity contribution in [3.05, 3.63) is 12.2 Å². The van der Waals surface area contributed by atoms with E-state index in [4.69, 9.17) is 14.2 Å². The monoisotopic (exact) mass is 1060 g/mol. The third-order valence-corrected chi connectivity index (χ3v) is 15.8. The van der Waals surface area contributed by atoms with Gasteiger partial charge in [0.1, 0.15) is 13.2 Å². The molecule has 0 aromatic carbocycles. The topological polar surface area (TPSA) is 78.9 Å². The third kappa shape index (κ3) is 62.9. The first-order chi connectivity index (χ1) is 37.0. The summed E-state index contributed by atoms with van der Waals surface area (Å²) in [6, 6.07) is 0. The van der Waals surface area contributed by atoms with E-state index in [-0.39, 0.29) is 31.1 Å². The molecule has 0 aliphatic rings.